The van der Waals surface area contributed by atoms with Gasteiger partial charge in [-0.25, -0.2) is 0 Å². The monoisotopic (exact) mass is 314 g/mol. The number of carbonyl (C=O) groups is 1. The molecule has 1 aliphatic heterocycles. The van der Waals surface area contributed by atoms with E-state index in [9.17, 15) is 4.79 Å². The molecule has 0 radical (unpaired) electrons. The molecule has 0 saturated carbocycles. The van der Waals surface area contributed by atoms with Crippen molar-refractivity contribution < 1.29 is 4.79 Å². The lowest BCUT2D eigenvalue weighted by atomic mass is 10.1. The van der Waals surface area contributed by atoms with E-state index in [0.29, 0.717) is 16.3 Å². The highest BCUT2D eigenvalue weighted by Gasteiger charge is 2.12. The summed E-state index contributed by atoms with van der Waals surface area (Å²) in [6.45, 7) is 3.32. The van der Waals surface area contributed by atoms with Gasteiger partial charge in [-0.2, -0.15) is 0 Å². The van der Waals surface area contributed by atoms with Crippen LogP contribution in [0.4, 0.5) is 5.69 Å². The summed E-state index contributed by atoms with van der Waals surface area (Å²) in [4.78, 5) is 14.7. The lowest BCUT2D eigenvalue weighted by molar-refractivity contribution is 0.102. The normalized spacial score (nSPS) is 15.0. The number of carbonyl (C=O) groups excluding carboxylic acids is 1. The molecule has 2 aromatic carbocycles. The number of hydrogen-bond donors (Lipinski definition) is 1. The number of benzene rings is 2. The van der Waals surface area contributed by atoms with Gasteiger partial charge in [0.2, 0.25) is 0 Å². The predicted molar refractivity (Wildman–Crippen MR) is 90.4 cm³/mol. The second-order valence-electron chi connectivity index (χ2n) is 5.64. The number of halogens is 1. The van der Waals surface area contributed by atoms with Crippen molar-refractivity contribution in [1.29, 1.82) is 0 Å². The molecule has 0 aliphatic carbocycles. The molecular formula is C18H19ClN2O. The molecule has 1 heterocycles. The van der Waals surface area contributed by atoms with Gasteiger partial charge in [-0.05, 0) is 61.8 Å². The Hall–Kier alpha value is -1.84. The van der Waals surface area contributed by atoms with Gasteiger partial charge in [0.1, 0.15) is 0 Å². The van der Waals surface area contributed by atoms with E-state index in [1.54, 1.807) is 12.1 Å². The maximum absolute atomic E-state index is 12.2. The van der Waals surface area contributed by atoms with Crippen molar-refractivity contribution in [3.63, 3.8) is 0 Å². The molecule has 4 heteroatoms. The molecule has 0 spiro atoms. The first kappa shape index (κ1) is 15.1. The van der Waals surface area contributed by atoms with Crippen molar-refractivity contribution in [1.82, 2.24) is 4.90 Å². The minimum atomic E-state index is -0.116. The van der Waals surface area contributed by atoms with Gasteiger partial charge < -0.3 is 5.32 Å². The van der Waals surface area contributed by atoms with Crippen LogP contribution in [-0.4, -0.2) is 23.9 Å². The number of likely N-dealkylation sites (tertiary alicyclic amines) is 1. The van der Waals surface area contributed by atoms with Crippen molar-refractivity contribution >= 4 is 23.2 Å². The third-order valence-electron chi connectivity index (χ3n) is 3.90. The Balaban J connectivity index is 1.63. The second kappa shape index (κ2) is 6.95. The SMILES string of the molecule is O=C(Nc1cccc(Cl)c1)c1ccc(CN2CCCC2)cc1. The number of nitrogens with zero attached hydrogens (tertiary/aromatic N) is 1. The lowest BCUT2D eigenvalue weighted by Gasteiger charge is -2.14. The van der Waals surface area contributed by atoms with Crippen LogP contribution in [0.5, 0.6) is 0 Å². The summed E-state index contributed by atoms with van der Waals surface area (Å²) in [6, 6.07) is 15.0. The van der Waals surface area contributed by atoms with Gasteiger partial charge in [0.05, 0.1) is 0 Å². The van der Waals surface area contributed by atoms with E-state index in [1.165, 1.54) is 31.5 Å². The Morgan fingerprint density at radius 3 is 2.50 bits per heavy atom. The van der Waals surface area contributed by atoms with E-state index in [1.807, 2.05) is 36.4 Å². The molecule has 1 aliphatic rings. The molecule has 0 bridgehead atoms. The fourth-order valence-electron chi connectivity index (χ4n) is 2.73. The molecule has 1 saturated heterocycles. The molecule has 22 heavy (non-hydrogen) atoms. The minimum absolute atomic E-state index is 0.116. The highest BCUT2D eigenvalue weighted by Crippen LogP contribution is 2.17. The minimum Gasteiger partial charge on any atom is -0.322 e. The zero-order valence-electron chi connectivity index (χ0n) is 12.4. The molecule has 2 aromatic rings. The van der Waals surface area contributed by atoms with Crippen LogP contribution in [0.25, 0.3) is 0 Å². The number of amides is 1. The third-order valence-corrected chi connectivity index (χ3v) is 4.14. The topological polar surface area (TPSA) is 32.3 Å². The number of hydrogen-bond acceptors (Lipinski definition) is 2. The Morgan fingerprint density at radius 1 is 1.09 bits per heavy atom. The van der Waals surface area contributed by atoms with E-state index in [-0.39, 0.29) is 5.91 Å². The summed E-state index contributed by atoms with van der Waals surface area (Å²) < 4.78 is 0. The smallest absolute Gasteiger partial charge is 0.255 e. The van der Waals surface area contributed by atoms with Gasteiger partial charge in [-0.15, -0.1) is 0 Å². The molecule has 1 amide bonds. The maximum atomic E-state index is 12.2. The predicted octanol–water partition coefficient (Wildman–Crippen LogP) is 4.19. The standard InChI is InChI=1S/C18H19ClN2O/c19-16-4-3-5-17(12-16)20-18(22)15-8-6-14(7-9-15)13-21-10-1-2-11-21/h3-9,12H,1-2,10-11,13H2,(H,20,22). The van der Waals surface area contributed by atoms with Gasteiger partial charge >= 0.3 is 0 Å². The average Bonchev–Trinajstić information content (AvgIpc) is 3.01. The third kappa shape index (κ3) is 3.87. The van der Waals surface area contributed by atoms with Gasteiger partial charge in [-0.1, -0.05) is 29.8 Å². The van der Waals surface area contributed by atoms with E-state index in [2.05, 4.69) is 10.2 Å². The number of rotatable bonds is 4. The van der Waals surface area contributed by atoms with Gasteiger partial charge in [0.15, 0.2) is 0 Å². The van der Waals surface area contributed by atoms with Crippen molar-refractivity contribution in [2.75, 3.05) is 18.4 Å². The zero-order chi connectivity index (χ0) is 15.4. The van der Waals surface area contributed by atoms with Gasteiger partial charge in [0.25, 0.3) is 5.91 Å². The molecule has 0 aromatic heterocycles. The zero-order valence-corrected chi connectivity index (χ0v) is 13.1. The summed E-state index contributed by atoms with van der Waals surface area (Å²) in [7, 11) is 0. The molecule has 3 nitrogen and oxygen atoms in total. The van der Waals surface area contributed by atoms with Gasteiger partial charge in [0, 0.05) is 22.8 Å². The Morgan fingerprint density at radius 2 is 1.82 bits per heavy atom. The fraction of sp³-hybridized carbons (Fsp3) is 0.278. The van der Waals surface area contributed by atoms with E-state index in [0.717, 1.165) is 6.54 Å². The Labute approximate surface area is 135 Å². The Kier molecular flexibility index (Phi) is 4.76. The first-order chi connectivity index (χ1) is 10.7. The van der Waals surface area contributed by atoms with Crippen molar-refractivity contribution in [3.8, 4) is 0 Å². The summed E-state index contributed by atoms with van der Waals surface area (Å²) in [5.74, 6) is -0.116. The summed E-state index contributed by atoms with van der Waals surface area (Å²) in [5, 5.41) is 3.47. The summed E-state index contributed by atoms with van der Waals surface area (Å²) in [5.41, 5.74) is 2.62. The number of nitrogens with one attached hydrogen (secondary N) is 1. The van der Waals surface area contributed by atoms with Crippen molar-refractivity contribution in [2.45, 2.75) is 19.4 Å². The molecule has 0 unspecified atom stereocenters. The van der Waals surface area contributed by atoms with Crippen LogP contribution in [-0.2, 0) is 6.54 Å². The van der Waals surface area contributed by atoms with E-state index >= 15 is 0 Å². The fourth-order valence-corrected chi connectivity index (χ4v) is 2.92. The summed E-state index contributed by atoms with van der Waals surface area (Å²) in [6.07, 6.45) is 2.58. The lowest BCUT2D eigenvalue weighted by Crippen LogP contribution is -2.18. The van der Waals surface area contributed by atoms with Crippen LogP contribution < -0.4 is 5.32 Å². The van der Waals surface area contributed by atoms with Crippen molar-refractivity contribution in [3.05, 3.63) is 64.7 Å². The van der Waals surface area contributed by atoms with E-state index < -0.39 is 0 Å². The van der Waals surface area contributed by atoms with Crippen LogP contribution >= 0.6 is 11.6 Å². The van der Waals surface area contributed by atoms with E-state index in [4.69, 9.17) is 11.6 Å². The molecule has 1 N–H and O–H groups in total. The van der Waals surface area contributed by atoms with Crippen molar-refractivity contribution in [2.24, 2.45) is 0 Å². The van der Waals surface area contributed by atoms with Crippen LogP contribution in [0.15, 0.2) is 48.5 Å². The van der Waals surface area contributed by atoms with Crippen LogP contribution in [0.2, 0.25) is 5.02 Å². The molecule has 3 rings (SSSR count). The van der Waals surface area contributed by atoms with Crippen LogP contribution in [0.3, 0.4) is 0 Å². The second-order valence-corrected chi connectivity index (χ2v) is 6.08. The quantitative estimate of drug-likeness (QED) is 0.917. The average molecular weight is 315 g/mol. The largest absolute Gasteiger partial charge is 0.322 e. The molecule has 114 valence electrons. The Bertz CT molecular complexity index is 648. The molecule has 0 atom stereocenters. The molecule has 1 fully saturated rings. The maximum Gasteiger partial charge on any atom is 0.255 e. The molecular weight excluding hydrogens is 296 g/mol. The first-order valence-electron chi connectivity index (χ1n) is 7.59. The summed E-state index contributed by atoms with van der Waals surface area (Å²) >= 11 is 5.92. The number of anilines is 1. The van der Waals surface area contributed by atoms with Gasteiger partial charge in [-0.3, -0.25) is 9.69 Å². The van der Waals surface area contributed by atoms with Crippen LogP contribution in [0.1, 0.15) is 28.8 Å². The highest BCUT2D eigenvalue weighted by molar-refractivity contribution is 6.30. The first-order valence-corrected chi connectivity index (χ1v) is 7.97. The van der Waals surface area contributed by atoms with Crippen LogP contribution in [0, 0.1) is 0 Å². The highest BCUT2D eigenvalue weighted by atomic mass is 35.5.